The molecule has 118 valence electrons. The van der Waals surface area contributed by atoms with Crippen LogP contribution in [0.3, 0.4) is 0 Å². The number of nitrogens with one attached hydrogen (secondary N) is 1. The fraction of sp³-hybridized carbons (Fsp3) is 0.462. The van der Waals surface area contributed by atoms with Crippen molar-refractivity contribution in [3.05, 3.63) is 34.4 Å². The lowest BCUT2D eigenvalue weighted by atomic mass is 10.2. The van der Waals surface area contributed by atoms with E-state index in [-0.39, 0.29) is 36.6 Å². The van der Waals surface area contributed by atoms with E-state index in [1.165, 1.54) is 6.07 Å². The number of hydrogen-bond donors (Lipinski definition) is 2. The molecule has 0 aliphatic heterocycles. The number of nitrogens with zero attached hydrogens (tertiary/aromatic N) is 2. The molecule has 0 bridgehead atoms. The van der Waals surface area contributed by atoms with Crippen molar-refractivity contribution in [1.29, 1.82) is 0 Å². The maximum atomic E-state index is 11.7. The zero-order chi connectivity index (χ0) is 15.1. The van der Waals surface area contributed by atoms with E-state index in [0.29, 0.717) is 18.7 Å². The quantitative estimate of drug-likeness (QED) is 0.583. The maximum Gasteiger partial charge on any atom is 0.292 e. The first-order valence-electron chi connectivity index (χ1n) is 6.38. The third-order valence-electron chi connectivity index (χ3n) is 2.79. The van der Waals surface area contributed by atoms with Crippen LogP contribution in [-0.4, -0.2) is 37.0 Å². The van der Waals surface area contributed by atoms with Gasteiger partial charge in [-0.1, -0.05) is 12.1 Å². The van der Waals surface area contributed by atoms with Gasteiger partial charge in [-0.15, -0.1) is 12.4 Å². The van der Waals surface area contributed by atoms with Crippen molar-refractivity contribution < 1.29 is 9.72 Å². The number of rotatable bonds is 7. The smallest absolute Gasteiger partial charge is 0.292 e. The molecule has 0 aliphatic rings. The minimum atomic E-state index is -0.458. The summed E-state index contributed by atoms with van der Waals surface area (Å²) >= 11 is 0. The Morgan fingerprint density at radius 3 is 2.67 bits per heavy atom. The lowest BCUT2D eigenvalue weighted by Gasteiger charge is -2.18. The number of likely N-dealkylation sites (N-methyl/N-ethyl adjacent to an activating group) is 1. The molecule has 0 saturated carbocycles. The highest BCUT2D eigenvalue weighted by molar-refractivity contribution is 5.85. The average Bonchev–Trinajstić information content (AvgIpc) is 2.38. The Balaban J connectivity index is 0.00000400. The number of nitro benzene ring substituents is 1. The lowest BCUT2D eigenvalue weighted by molar-refractivity contribution is -0.384. The van der Waals surface area contributed by atoms with Gasteiger partial charge in [0.2, 0.25) is 5.91 Å². The zero-order valence-electron chi connectivity index (χ0n) is 12.1. The summed E-state index contributed by atoms with van der Waals surface area (Å²) in [4.78, 5) is 23.7. The van der Waals surface area contributed by atoms with Crippen LogP contribution in [0, 0.1) is 10.1 Å². The summed E-state index contributed by atoms with van der Waals surface area (Å²) < 4.78 is 0. The van der Waals surface area contributed by atoms with Gasteiger partial charge in [0, 0.05) is 25.7 Å². The fourth-order valence-corrected chi connectivity index (χ4v) is 1.74. The van der Waals surface area contributed by atoms with Crippen LogP contribution in [0.5, 0.6) is 0 Å². The van der Waals surface area contributed by atoms with E-state index in [9.17, 15) is 14.9 Å². The molecule has 0 saturated heterocycles. The standard InChI is InChI=1S/C13H20N4O3.ClH/c1-10(14)7-8-15-13(18)9-16(2)11-5-3-4-6-12(11)17(19)20;/h3-6,10H,7-9,14H2,1-2H3,(H,15,18);1H. The number of hydrogen-bond acceptors (Lipinski definition) is 5. The summed E-state index contributed by atoms with van der Waals surface area (Å²) in [5.74, 6) is -0.189. The molecule has 8 heteroatoms. The largest absolute Gasteiger partial charge is 0.360 e. The van der Waals surface area contributed by atoms with Crippen LogP contribution in [0.1, 0.15) is 13.3 Å². The number of halogens is 1. The second-order valence-corrected chi connectivity index (χ2v) is 4.72. The highest BCUT2D eigenvalue weighted by Crippen LogP contribution is 2.26. The van der Waals surface area contributed by atoms with Gasteiger partial charge in [-0.25, -0.2) is 0 Å². The number of carbonyl (C=O) groups excluding carboxylic acids is 1. The highest BCUT2D eigenvalue weighted by Gasteiger charge is 2.17. The molecule has 0 radical (unpaired) electrons. The Morgan fingerprint density at radius 2 is 2.10 bits per heavy atom. The van der Waals surface area contributed by atoms with Crippen LogP contribution in [0.4, 0.5) is 11.4 Å². The second-order valence-electron chi connectivity index (χ2n) is 4.72. The molecule has 0 spiro atoms. The Labute approximate surface area is 130 Å². The number of nitro groups is 1. The Hall–Kier alpha value is -1.86. The van der Waals surface area contributed by atoms with Gasteiger partial charge in [0.25, 0.3) is 5.69 Å². The van der Waals surface area contributed by atoms with E-state index in [4.69, 9.17) is 5.73 Å². The van der Waals surface area contributed by atoms with Crippen molar-refractivity contribution in [2.24, 2.45) is 5.73 Å². The molecule has 0 heterocycles. The van der Waals surface area contributed by atoms with Crippen molar-refractivity contribution >= 4 is 29.7 Å². The fourth-order valence-electron chi connectivity index (χ4n) is 1.74. The van der Waals surface area contributed by atoms with E-state index >= 15 is 0 Å². The zero-order valence-corrected chi connectivity index (χ0v) is 12.9. The molecule has 1 amide bonds. The lowest BCUT2D eigenvalue weighted by Crippen LogP contribution is -2.37. The van der Waals surface area contributed by atoms with E-state index < -0.39 is 4.92 Å². The SMILES string of the molecule is CC(N)CCNC(=O)CN(C)c1ccccc1[N+](=O)[O-].Cl. The number of nitrogens with two attached hydrogens (primary N) is 1. The van der Waals surface area contributed by atoms with Crippen molar-refractivity contribution in [2.75, 3.05) is 25.0 Å². The van der Waals surface area contributed by atoms with Gasteiger partial charge in [-0.2, -0.15) is 0 Å². The number of carbonyl (C=O) groups is 1. The Morgan fingerprint density at radius 1 is 1.48 bits per heavy atom. The van der Waals surface area contributed by atoms with Crippen LogP contribution in [-0.2, 0) is 4.79 Å². The monoisotopic (exact) mass is 316 g/mol. The van der Waals surface area contributed by atoms with Gasteiger partial charge in [0.1, 0.15) is 5.69 Å². The van der Waals surface area contributed by atoms with Crippen molar-refractivity contribution in [3.8, 4) is 0 Å². The summed E-state index contributed by atoms with van der Waals surface area (Å²) in [5.41, 5.74) is 5.99. The molecule has 1 rings (SSSR count). The first kappa shape index (κ1) is 19.1. The average molecular weight is 317 g/mol. The summed E-state index contributed by atoms with van der Waals surface area (Å²) in [7, 11) is 1.65. The number of anilines is 1. The van der Waals surface area contributed by atoms with Crippen LogP contribution < -0.4 is 16.0 Å². The Kier molecular flexibility index (Phi) is 8.34. The molecule has 21 heavy (non-hydrogen) atoms. The van der Waals surface area contributed by atoms with Gasteiger partial charge in [-0.05, 0) is 19.4 Å². The molecular weight excluding hydrogens is 296 g/mol. The minimum absolute atomic E-state index is 0. The van der Waals surface area contributed by atoms with Gasteiger partial charge in [-0.3, -0.25) is 14.9 Å². The van der Waals surface area contributed by atoms with Crippen LogP contribution in [0.2, 0.25) is 0 Å². The van der Waals surface area contributed by atoms with Crippen LogP contribution in [0.15, 0.2) is 24.3 Å². The van der Waals surface area contributed by atoms with Gasteiger partial charge in [0.15, 0.2) is 0 Å². The first-order valence-corrected chi connectivity index (χ1v) is 6.38. The predicted molar refractivity (Wildman–Crippen MR) is 84.9 cm³/mol. The van der Waals surface area contributed by atoms with Crippen LogP contribution in [0.25, 0.3) is 0 Å². The van der Waals surface area contributed by atoms with Crippen molar-refractivity contribution in [2.45, 2.75) is 19.4 Å². The number of benzene rings is 1. The Bertz CT molecular complexity index is 482. The van der Waals surface area contributed by atoms with Crippen molar-refractivity contribution in [1.82, 2.24) is 5.32 Å². The molecule has 0 aromatic heterocycles. The van der Waals surface area contributed by atoms with Crippen molar-refractivity contribution in [3.63, 3.8) is 0 Å². The van der Waals surface area contributed by atoms with Crippen LogP contribution >= 0.6 is 12.4 Å². The number of amides is 1. The molecule has 1 unspecified atom stereocenters. The summed E-state index contributed by atoms with van der Waals surface area (Å²) in [5, 5.41) is 13.7. The topological polar surface area (TPSA) is 102 Å². The van der Waals surface area contributed by atoms with Gasteiger partial charge < -0.3 is 16.0 Å². The third kappa shape index (κ3) is 6.42. The number of para-hydroxylation sites is 2. The normalized spacial score (nSPS) is 11.2. The van der Waals surface area contributed by atoms with E-state index in [1.54, 1.807) is 30.1 Å². The minimum Gasteiger partial charge on any atom is -0.360 e. The second kappa shape index (κ2) is 9.15. The molecule has 1 aromatic carbocycles. The highest BCUT2D eigenvalue weighted by atomic mass is 35.5. The van der Waals surface area contributed by atoms with E-state index in [0.717, 1.165) is 0 Å². The summed E-state index contributed by atoms with van der Waals surface area (Å²) in [6.07, 6.45) is 0.695. The summed E-state index contributed by atoms with van der Waals surface area (Å²) in [6, 6.07) is 6.36. The maximum absolute atomic E-state index is 11.7. The molecule has 1 aromatic rings. The third-order valence-corrected chi connectivity index (χ3v) is 2.79. The first-order chi connectivity index (χ1) is 9.41. The van der Waals surface area contributed by atoms with Gasteiger partial charge >= 0.3 is 0 Å². The molecule has 7 nitrogen and oxygen atoms in total. The molecule has 0 fully saturated rings. The molecule has 0 aliphatic carbocycles. The summed E-state index contributed by atoms with van der Waals surface area (Å²) in [6.45, 7) is 2.43. The predicted octanol–water partition coefficient (Wildman–Crippen LogP) is 1.31. The molecule has 3 N–H and O–H groups in total. The molecule has 1 atom stereocenters. The van der Waals surface area contributed by atoms with E-state index in [1.807, 2.05) is 6.92 Å². The molecular formula is C13H21ClN4O3. The van der Waals surface area contributed by atoms with E-state index in [2.05, 4.69) is 5.32 Å². The van der Waals surface area contributed by atoms with Gasteiger partial charge in [0.05, 0.1) is 11.5 Å².